The molecule has 0 aromatic carbocycles. The van der Waals surface area contributed by atoms with E-state index in [1.165, 1.54) is 0 Å². The van der Waals surface area contributed by atoms with Gasteiger partial charge in [0, 0.05) is 17.8 Å². The van der Waals surface area contributed by atoms with Crippen LogP contribution in [0.1, 0.15) is 79.1 Å². The van der Waals surface area contributed by atoms with E-state index in [2.05, 4.69) is 27.7 Å². The van der Waals surface area contributed by atoms with Gasteiger partial charge in [0.25, 0.3) is 0 Å². The minimum absolute atomic E-state index is 0.157. The fourth-order valence-electron chi connectivity index (χ4n) is 11.5. The van der Waals surface area contributed by atoms with Gasteiger partial charge in [0.1, 0.15) is 24.4 Å². The summed E-state index contributed by atoms with van der Waals surface area (Å²) in [5.41, 5.74) is -0.243. The Kier molecular flexibility index (Phi) is 7.21. The molecule has 18 unspecified atom stereocenters. The van der Waals surface area contributed by atoms with Crippen molar-refractivity contribution < 1.29 is 44.5 Å². The van der Waals surface area contributed by atoms with Crippen molar-refractivity contribution in [3.05, 3.63) is 0 Å². The highest BCUT2D eigenvalue weighted by Crippen LogP contribution is 2.71. The van der Waals surface area contributed by atoms with Crippen LogP contribution in [0.3, 0.4) is 0 Å². The summed E-state index contributed by atoms with van der Waals surface area (Å²) in [7, 11) is 0. The normalized spacial score (nSPS) is 62.1. The Morgan fingerprint density at radius 3 is 2.32 bits per heavy atom. The van der Waals surface area contributed by atoms with E-state index in [4.69, 9.17) is 18.9 Å². The maximum Gasteiger partial charge on any atom is 0.186 e. The van der Waals surface area contributed by atoms with Gasteiger partial charge in [-0.3, -0.25) is 0 Å². The lowest BCUT2D eigenvalue weighted by Crippen LogP contribution is -2.65. The standard InChI is InChI=1S/C32H52O9/c1-15-7-10-32(39-13-15)16(2)24-22(41-32)12-20-18-6-5-17-11-23(40-29-27(36)25(34)21(33)14-38-29)26(35)28(37)31(17,4)19(18)8-9-30(20,24)3/h15-29,33-37H,5-14H2,1-4H3. The summed E-state index contributed by atoms with van der Waals surface area (Å²) in [6, 6.07) is 0. The fourth-order valence-corrected chi connectivity index (χ4v) is 11.5. The highest BCUT2D eigenvalue weighted by Gasteiger charge is 2.70. The van der Waals surface area contributed by atoms with Crippen molar-refractivity contribution in [3.8, 4) is 0 Å². The number of hydrogen-bond donors (Lipinski definition) is 5. The maximum absolute atomic E-state index is 11.8. The molecule has 9 nitrogen and oxygen atoms in total. The second-order valence-electron chi connectivity index (χ2n) is 15.6. The molecule has 0 aromatic rings. The molecular formula is C32H52O9. The zero-order chi connectivity index (χ0) is 29.1. The number of rotatable bonds is 2. The first-order valence-electron chi connectivity index (χ1n) is 16.4. The van der Waals surface area contributed by atoms with Gasteiger partial charge >= 0.3 is 0 Å². The summed E-state index contributed by atoms with van der Waals surface area (Å²) in [6.45, 7) is 9.95. The predicted molar refractivity (Wildman–Crippen MR) is 147 cm³/mol. The minimum Gasteiger partial charge on any atom is -0.390 e. The van der Waals surface area contributed by atoms with Crippen molar-refractivity contribution in [1.82, 2.24) is 0 Å². The molecule has 0 radical (unpaired) electrons. The Balaban J connectivity index is 1.08. The first kappa shape index (κ1) is 29.4. The third-order valence-electron chi connectivity index (χ3n) is 13.9. The third kappa shape index (κ3) is 4.13. The van der Waals surface area contributed by atoms with Crippen LogP contribution >= 0.6 is 0 Å². The molecule has 0 amide bonds. The highest BCUT2D eigenvalue weighted by atomic mass is 16.7. The average Bonchev–Trinajstić information content (AvgIpc) is 3.39. The minimum atomic E-state index is -1.42. The van der Waals surface area contributed by atoms with E-state index < -0.39 is 54.1 Å². The van der Waals surface area contributed by atoms with E-state index in [1.54, 1.807) is 0 Å². The van der Waals surface area contributed by atoms with E-state index in [9.17, 15) is 25.5 Å². The van der Waals surface area contributed by atoms with Gasteiger partial charge < -0.3 is 44.5 Å². The van der Waals surface area contributed by atoms with Crippen LogP contribution in [0.5, 0.6) is 0 Å². The van der Waals surface area contributed by atoms with E-state index in [1.807, 2.05) is 0 Å². The molecule has 3 saturated heterocycles. The molecule has 4 saturated carbocycles. The Morgan fingerprint density at radius 2 is 1.59 bits per heavy atom. The molecule has 3 heterocycles. The molecule has 234 valence electrons. The van der Waals surface area contributed by atoms with Gasteiger partial charge in [-0.25, -0.2) is 0 Å². The summed E-state index contributed by atoms with van der Waals surface area (Å²) in [5, 5.41) is 53.4. The number of fused-ring (bicyclic) bond motifs is 7. The van der Waals surface area contributed by atoms with Gasteiger partial charge in [-0.1, -0.05) is 27.7 Å². The van der Waals surface area contributed by atoms with Crippen molar-refractivity contribution in [2.24, 2.45) is 52.3 Å². The van der Waals surface area contributed by atoms with E-state index in [-0.39, 0.29) is 24.0 Å². The first-order chi connectivity index (χ1) is 19.4. The molecular weight excluding hydrogens is 528 g/mol. The van der Waals surface area contributed by atoms with Crippen LogP contribution in [0.2, 0.25) is 0 Å². The number of aliphatic hydroxyl groups excluding tert-OH is 5. The van der Waals surface area contributed by atoms with Crippen molar-refractivity contribution in [2.45, 2.75) is 134 Å². The lowest BCUT2D eigenvalue weighted by molar-refractivity contribution is -0.311. The molecule has 5 N–H and O–H groups in total. The number of ether oxygens (including phenoxy) is 4. The second-order valence-corrected chi connectivity index (χ2v) is 15.6. The molecule has 18 atom stereocenters. The monoisotopic (exact) mass is 580 g/mol. The summed E-state index contributed by atoms with van der Waals surface area (Å²) in [5.74, 6) is 2.54. The van der Waals surface area contributed by atoms with Crippen LogP contribution in [0, 0.1) is 52.3 Å². The summed E-state index contributed by atoms with van der Waals surface area (Å²) >= 11 is 0. The van der Waals surface area contributed by atoms with Gasteiger partial charge in [-0.2, -0.15) is 0 Å². The molecule has 7 aliphatic rings. The maximum atomic E-state index is 11.8. The van der Waals surface area contributed by atoms with Crippen LogP contribution in [0.25, 0.3) is 0 Å². The van der Waals surface area contributed by atoms with Gasteiger partial charge in [0.15, 0.2) is 12.1 Å². The van der Waals surface area contributed by atoms with Crippen LogP contribution < -0.4 is 0 Å². The molecule has 1 spiro atoms. The molecule has 41 heavy (non-hydrogen) atoms. The van der Waals surface area contributed by atoms with Crippen LogP contribution in [-0.2, 0) is 18.9 Å². The average molecular weight is 581 g/mol. The Hall–Kier alpha value is -0.360. The van der Waals surface area contributed by atoms with Gasteiger partial charge in [-0.05, 0) is 85.9 Å². The van der Waals surface area contributed by atoms with E-state index >= 15 is 0 Å². The summed E-state index contributed by atoms with van der Waals surface area (Å²) in [4.78, 5) is 0. The quantitative estimate of drug-likeness (QED) is 0.311. The Bertz CT molecular complexity index is 982. The van der Waals surface area contributed by atoms with Crippen LogP contribution in [-0.4, -0.2) is 93.6 Å². The largest absolute Gasteiger partial charge is 0.390 e. The number of aliphatic hydroxyl groups is 5. The summed E-state index contributed by atoms with van der Waals surface area (Å²) in [6.07, 6.45) is 0.260. The lowest BCUT2D eigenvalue weighted by atomic mass is 9.43. The van der Waals surface area contributed by atoms with Crippen molar-refractivity contribution in [3.63, 3.8) is 0 Å². The van der Waals surface area contributed by atoms with E-state index in [0.29, 0.717) is 41.9 Å². The van der Waals surface area contributed by atoms with E-state index in [0.717, 1.165) is 51.6 Å². The predicted octanol–water partition coefficient (Wildman–Crippen LogP) is 2.20. The smallest absolute Gasteiger partial charge is 0.186 e. The lowest BCUT2D eigenvalue weighted by Gasteiger charge is -2.63. The van der Waals surface area contributed by atoms with Crippen molar-refractivity contribution >= 4 is 0 Å². The van der Waals surface area contributed by atoms with Crippen LogP contribution in [0.4, 0.5) is 0 Å². The molecule has 0 bridgehead atoms. The zero-order valence-corrected chi connectivity index (χ0v) is 25.1. The molecule has 3 aliphatic heterocycles. The molecule has 7 fully saturated rings. The molecule has 4 aliphatic carbocycles. The fraction of sp³-hybridized carbons (Fsp3) is 1.00. The second kappa shape index (κ2) is 10.1. The third-order valence-corrected chi connectivity index (χ3v) is 13.9. The molecule has 9 heteroatoms. The number of hydrogen-bond acceptors (Lipinski definition) is 9. The SMILES string of the molecule is CC1CCC2(OC1)OC1CC3C4CCC5CC(OC6OCC(O)C(O)C6O)C(O)C(O)C5(C)C4CCC3(C)C1C2C. The summed E-state index contributed by atoms with van der Waals surface area (Å²) < 4.78 is 24.8. The Morgan fingerprint density at radius 1 is 0.805 bits per heavy atom. The highest BCUT2D eigenvalue weighted by molar-refractivity contribution is 5.17. The van der Waals surface area contributed by atoms with Gasteiger partial charge in [0.05, 0.1) is 31.5 Å². The van der Waals surface area contributed by atoms with Crippen molar-refractivity contribution in [1.29, 1.82) is 0 Å². The Labute approximate surface area is 243 Å². The molecule has 0 aromatic heterocycles. The van der Waals surface area contributed by atoms with Crippen molar-refractivity contribution in [2.75, 3.05) is 13.2 Å². The first-order valence-corrected chi connectivity index (χ1v) is 16.4. The van der Waals surface area contributed by atoms with Gasteiger partial charge in [0.2, 0.25) is 0 Å². The van der Waals surface area contributed by atoms with Crippen LogP contribution in [0.15, 0.2) is 0 Å². The molecule has 7 rings (SSSR count). The zero-order valence-electron chi connectivity index (χ0n) is 25.1. The topological polar surface area (TPSA) is 138 Å². The van der Waals surface area contributed by atoms with Gasteiger partial charge in [-0.15, -0.1) is 0 Å².